The van der Waals surface area contributed by atoms with Crippen LogP contribution in [0.3, 0.4) is 0 Å². The maximum Gasteiger partial charge on any atom is 0.410 e. The quantitative estimate of drug-likeness (QED) is 0.827. The van der Waals surface area contributed by atoms with Crippen molar-refractivity contribution in [1.29, 1.82) is 0 Å². The van der Waals surface area contributed by atoms with Gasteiger partial charge in [-0.1, -0.05) is 0 Å². The second-order valence-corrected chi connectivity index (χ2v) is 10.1. The van der Waals surface area contributed by atoms with Crippen molar-refractivity contribution in [2.45, 2.75) is 64.3 Å². The summed E-state index contributed by atoms with van der Waals surface area (Å²) in [6, 6.07) is 0. The molecular weight excluding hydrogens is 330 g/mol. The Hall–Kier alpha value is -0.850. The number of carbonyl (C=O) groups is 1. The van der Waals surface area contributed by atoms with Gasteiger partial charge >= 0.3 is 6.09 Å². The van der Waals surface area contributed by atoms with E-state index in [0.717, 1.165) is 45.2 Å². The number of hydrogen-bond acceptors (Lipinski definition) is 5. The summed E-state index contributed by atoms with van der Waals surface area (Å²) in [5.74, 6) is 0.807. The Balaban J connectivity index is 1.09. The second-order valence-electron chi connectivity index (χ2n) is 10.1. The van der Waals surface area contributed by atoms with Crippen LogP contribution in [0.15, 0.2) is 0 Å². The van der Waals surface area contributed by atoms with Crippen LogP contribution in [0.5, 0.6) is 0 Å². The monoisotopic (exact) mass is 365 g/mol. The normalized spacial score (nSPS) is 31.9. The average Bonchev–Trinajstić information content (AvgIpc) is 2.44. The molecule has 3 aliphatic heterocycles. The van der Waals surface area contributed by atoms with Crippen LogP contribution in [0.25, 0.3) is 0 Å². The zero-order chi connectivity index (χ0) is 18.4. The molecular formula is C20H35N3O3. The highest BCUT2D eigenvalue weighted by Gasteiger charge is 2.54. The lowest BCUT2D eigenvalue weighted by molar-refractivity contribution is -0.133. The molecule has 0 radical (unpaired) electrons. The number of amides is 1. The molecule has 0 atom stereocenters. The highest BCUT2D eigenvalue weighted by atomic mass is 16.6. The molecule has 3 saturated heterocycles. The summed E-state index contributed by atoms with van der Waals surface area (Å²) in [6.45, 7) is 13.2. The molecule has 4 rings (SSSR count). The molecule has 1 amide bonds. The summed E-state index contributed by atoms with van der Waals surface area (Å²) in [7, 11) is 0. The van der Waals surface area contributed by atoms with Gasteiger partial charge in [0.2, 0.25) is 0 Å². The Labute approximate surface area is 157 Å². The molecule has 148 valence electrons. The van der Waals surface area contributed by atoms with E-state index in [1.54, 1.807) is 0 Å². The van der Waals surface area contributed by atoms with E-state index in [2.05, 4.69) is 10.2 Å². The Kier molecular flexibility index (Phi) is 4.95. The number of ether oxygens (including phenoxy) is 2. The van der Waals surface area contributed by atoms with Crippen molar-refractivity contribution in [3.05, 3.63) is 0 Å². The van der Waals surface area contributed by atoms with Crippen molar-refractivity contribution < 1.29 is 14.3 Å². The molecule has 4 aliphatic rings. The fourth-order valence-corrected chi connectivity index (χ4v) is 4.95. The van der Waals surface area contributed by atoms with Gasteiger partial charge in [-0.2, -0.15) is 0 Å². The lowest BCUT2D eigenvalue weighted by Crippen LogP contribution is -2.73. The van der Waals surface area contributed by atoms with Crippen LogP contribution < -0.4 is 5.32 Å². The van der Waals surface area contributed by atoms with E-state index < -0.39 is 5.60 Å². The van der Waals surface area contributed by atoms with Gasteiger partial charge in [0.15, 0.2) is 0 Å². The summed E-state index contributed by atoms with van der Waals surface area (Å²) >= 11 is 0. The molecule has 1 saturated carbocycles. The van der Waals surface area contributed by atoms with E-state index in [9.17, 15) is 4.79 Å². The van der Waals surface area contributed by atoms with Crippen molar-refractivity contribution in [2.24, 2.45) is 11.3 Å². The molecule has 26 heavy (non-hydrogen) atoms. The van der Waals surface area contributed by atoms with Crippen molar-refractivity contribution >= 4 is 6.09 Å². The van der Waals surface area contributed by atoms with Gasteiger partial charge in [-0.05, 0) is 65.5 Å². The fourth-order valence-electron chi connectivity index (χ4n) is 4.95. The molecule has 0 aromatic rings. The Morgan fingerprint density at radius 3 is 2.35 bits per heavy atom. The van der Waals surface area contributed by atoms with Crippen molar-refractivity contribution in [1.82, 2.24) is 15.1 Å². The molecule has 1 N–H and O–H groups in total. The summed E-state index contributed by atoms with van der Waals surface area (Å²) in [5.41, 5.74) is -0.0475. The van der Waals surface area contributed by atoms with Gasteiger partial charge < -0.3 is 24.6 Å². The summed E-state index contributed by atoms with van der Waals surface area (Å²) in [4.78, 5) is 16.5. The number of hydrogen-bond donors (Lipinski definition) is 1. The molecule has 0 bridgehead atoms. The SMILES string of the molecule is CC(C)(C)OC(=O)N1CC2(CN(CC3CC(OC4CCNCC4)C3)C2)C1. The average molecular weight is 366 g/mol. The third kappa shape index (κ3) is 4.18. The minimum absolute atomic E-state index is 0.154. The zero-order valence-electron chi connectivity index (χ0n) is 16.6. The number of carbonyl (C=O) groups excluding carboxylic acids is 1. The summed E-state index contributed by atoms with van der Waals surface area (Å²) < 4.78 is 11.7. The molecule has 1 spiro atoms. The third-order valence-electron chi connectivity index (χ3n) is 6.20. The van der Waals surface area contributed by atoms with Gasteiger partial charge in [-0.25, -0.2) is 4.79 Å². The third-order valence-corrected chi connectivity index (χ3v) is 6.20. The zero-order valence-corrected chi connectivity index (χ0v) is 16.6. The van der Waals surface area contributed by atoms with Crippen molar-refractivity contribution in [3.8, 4) is 0 Å². The van der Waals surface area contributed by atoms with Gasteiger partial charge in [0.1, 0.15) is 5.60 Å². The van der Waals surface area contributed by atoms with Crippen LogP contribution in [-0.2, 0) is 9.47 Å². The van der Waals surface area contributed by atoms with E-state index in [4.69, 9.17) is 9.47 Å². The van der Waals surface area contributed by atoms with E-state index in [1.165, 1.54) is 32.2 Å². The number of rotatable bonds is 4. The standard InChI is InChI=1S/C20H35N3O3/c1-19(2,3)26-18(24)23-13-20(14-23)11-22(12-20)10-15-8-17(9-15)25-16-4-6-21-7-5-16/h15-17,21H,4-14H2,1-3H3. The molecule has 0 aromatic carbocycles. The van der Waals surface area contributed by atoms with E-state index in [0.29, 0.717) is 17.6 Å². The predicted octanol–water partition coefficient (Wildman–Crippen LogP) is 2.09. The van der Waals surface area contributed by atoms with Crippen LogP contribution in [-0.4, -0.2) is 79.5 Å². The number of piperidine rings is 1. The van der Waals surface area contributed by atoms with Gasteiger partial charge in [0.05, 0.1) is 12.2 Å². The fraction of sp³-hybridized carbons (Fsp3) is 0.950. The summed E-state index contributed by atoms with van der Waals surface area (Å²) in [5, 5.41) is 3.39. The van der Waals surface area contributed by atoms with Crippen LogP contribution in [0.2, 0.25) is 0 Å². The number of likely N-dealkylation sites (tertiary alicyclic amines) is 2. The molecule has 4 fully saturated rings. The first-order chi connectivity index (χ1) is 12.3. The van der Waals surface area contributed by atoms with Crippen LogP contribution in [0, 0.1) is 11.3 Å². The van der Waals surface area contributed by atoms with Gasteiger partial charge in [0, 0.05) is 38.1 Å². The molecule has 6 nitrogen and oxygen atoms in total. The van der Waals surface area contributed by atoms with Gasteiger partial charge in [0.25, 0.3) is 0 Å². The highest BCUT2D eigenvalue weighted by Crippen LogP contribution is 2.42. The molecule has 0 unspecified atom stereocenters. The molecule has 3 heterocycles. The Morgan fingerprint density at radius 2 is 1.73 bits per heavy atom. The topological polar surface area (TPSA) is 54.0 Å². The maximum absolute atomic E-state index is 12.1. The minimum Gasteiger partial charge on any atom is -0.444 e. The largest absolute Gasteiger partial charge is 0.444 e. The lowest BCUT2D eigenvalue weighted by atomic mass is 9.71. The Morgan fingerprint density at radius 1 is 1.08 bits per heavy atom. The first kappa shape index (κ1) is 18.5. The smallest absolute Gasteiger partial charge is 0.410 e. The van der Waals surface area contributed by atoms with Crippen LogP contribution >= 0.6 is 0 Å². The highest BCUT2D eigenvalue weighted by molar-refractivity contribution is 5.69. The van der Waals surface area contributed by atoms with Crippen molar-refractivity contribution in [3.63, 3.8) is 0 Å². The van der Waals surface area contributed by atoms with Gasteiger partial charge in [-0.3, -0.25) is 0 Å². The second kappa shape index (κ2) is 6.95. The first-order valence-electron chi connectivity index (χ1n) is 10.4. The van der Waals surface area contributed by atoms with Crippen LogP contribution in [0.4, 0.5) is 4.79 Å². The molecule has 1 aliphatic carbocycles. The minimum atomic E-state index is -0.400. The number of nitrogens with one attached hydrogen (secondary N) is 1. The van der Waals surface area contributed by atoms with E-state index in [1.807, 2.05) is 25.7 Å². The molecule has 0 aromatic heterocycles. The predicted molar refractivity (Wildman–Crippen MR) is 100 cm³/mol. The first-order valence-corrected chi connectivity index (χ1v) is 10.4. The Bertz CT molecular complexity index is 507. The van der Waals surface area contributed by atoms with Crippen molar-refractivity contribution in [2.75, 3.05) is 45.8 Å². The number of nitrogens with zero attached hydrogens (tertiary/aromatic N) is 2. The van der Waals surface area contributed by atoms with E-state index >= 15 is 0 Å². The van der Waals surface area contributed by atoms with Crippen LogP contribution in [0.1, 0.15) is 46.5 Å². The van der Waals surface area contributed by atoms with E-state index in [-0.39, 0.29) is 6.09 Å². The summed E-state index contributed by atoms with van der Waals surface area (Å²) in [6.07, 6.45) is 5.65. The molecule has 6 heteroatoms. The maximum atomic E-state index is 12.1. The van der Waals surface area contributed by atoms with Gasteiger partial charge in [-0.15, -0.1) is 0 Å². The lowest BCUT2D eigenvalue weighted by Gasteiger charge is -2.61.